The van der Waals surface area contributed by atoms with Gasteiger partial charge in [-0.3, -0.25) is 4.79 Å². The van der Waals surface area contributed by atoms with Gasteiger partial charge in [-0.2, -0.15) is 5.26 Å². The van der Waals surface area contributed by atoms with E-state index in [1.54, 1.807) is 18.8 Å². The van der Waals surface area contributed by atoms with Crippen molar-refractivity contribution in [3.63, 3.8) is 0 Å². The fourth-order valence-corrected chi connectivity index (χ4v) is 4.65. The Morgan fingerprint density at radius 3 is 2.39 bits per heavy atom. The molecule has 36 heavy (non-hydrogen) atoms. The van der Waals surface area contributed by atoms with Crippen LogP contribution in [0.15, 0.2) is 64.8 Å². The Bertz CT molecular complexity index is 1410. The number of benzene rings is 2. The molecule has 0 amide bonds. The highest BCUT2D eigenvalue weighted by Crippen LogP contribution is 2.40. The van der Waals surface area contributed by atoms with Crippen molar-refractivity contribution in [3.05, 3.63) is 98.3 Å². The Morgan fingerprint density at radius 1 is 1.08 bits per heavy atom. The fourth-order valence-electron chi connectivity index (χ4n) is 4.65. The third-order valence-electron chi connectivity index (χ3n) is 6.70. The van der Waals surface area contributed by atoms with E-state index >= 15 is 0 Å². The number of nitrogens with zero attached hydrogens (tertiary/aromatic N) is 2. The molecule has 1 aliphatic heterocycles. The summed E-state index contributed by atoms with van der Waals surface area (Å²) in [6.45, 7) is 6.56. The number of aryl methyl sites for hydroxylation is 2. The smallest absolute Gasteiger partial charge is 0.258 e. The molecule has 1 aliphatic rings. The molecule has 0 radical (unpaired) electrons. The Balaban J connectivity index is 1.76. The van der Waals surface area contributed by atoms with Gasteiger partial charge in [0.05, 0.1) is 25.7 Å². The summed E-state index contributed by atoms with van der Waals surface area (Å²) in [6, 6.07) is 17.7. The molecule has 3 aromatic rings. The Morgan fingerprint density at radius 2 is 1.78 bits per heavy atom. The topological polar surface area (TPSA) is 99.5 Å². The van der Waals surface area contributed by atoms with Crippen LogP contribution in [0.5, 0.6) is 17.2 Å². The fraction of sp³-hybridized carbons (Fsp3) is 0.310. The molecule has 0 saturated carbocycles. The van der Waals surface area contributed by atoms with Crippen molar-refractivity contribution >= 4 is 0 Å². The minimum atomic E-state index is -0.597. The SMILES string of the molecule is COc1ccc(CCn2c(C)cc3c(c2=O)C(c2ccc(C(C)C)cc2)C(C#N)=C(N)O3)cc1OC. The summed E-state index contributed by atoms with van der Waals surface area (Å²) in [4.78, 5) is 13.9. The van der Waals surface area contributed by atoms with Gasteiger partial charge >= 0.3 is 0 Å². The highest BCUT2D eigenvalue weighted by atomic mass is 16.5. The number of aromatic nitrogens is 1. The van der Waals surface area contributed by atoms with E-state index in [0.29, 0.717) is 41.7 Å². The average Bonchev–Trinajstić information content (AvgIpc) is 2.87. The standard InChI is InChI=1S/C29H31N3O4/c1-17(2)20-7-9-21(10-8-20)26-22(16-30)28(31)36-25-14-18(3)32(29(33)27(25)26)13-12-19-6-11-23(34-4)24(15-19)35-5/h6-11,14-15,17,26H,12-13,31H2,1-5H3. The van der Waals surface area contributed by atoms with Gasteiger partial charge in [0.1, 0.15) is 17.4 Å². The van der Waals surface area contributed by atoms with E-state index in [9.17, 15) is 10.1 Å². The van der Waals surface area contributed by atoms with Crippen LogP contribution in [0.25, 0.3) is 0 Å². The van der Waals surface area contributed by atoms with Crippen LogP contribution >= 0.6 is 0 Å². The van der Waals surface area contributed by atoms with Crippen molar-refractivity contribution in [2.75, 3.05) is 14.2 Å². The first-order chi connectivity index (χ1) is 17.3. The maximum atomic E-state index is 13.9. The minimum absolute atomic E-state index is 0.0322. The van der Waals surface area contributed by atoms with E-state index < -0.39 is 5.92 Å². The number of nitrogens with two attached hydrogens (primary N) is 1. The third kappa shape index (κ3) is 4.55. The van der Waals surface area contributed by atoms with Gasteiger partial charge in [0.15, 0.2) is 11.5 Å². The van der Waals surface area contributed by atoms with Crippen LogP contribution < -0.4 is 25.5 Å². The van der Waals surface area contributed by atoms with E-state index in [-0.39, 0.29) is 17.0 Å². The molecule has 2 heterocycles. The maximum absolute atomic E-state index is 13.9. The molecule has 1 atom stereocenters. The zero-order valence-corrected chi connectivity index (χ0v) is 21.3. The van der Waals surface area contributed by atoms with Crippen LogP contribution in [0, 0.1) is 18.3 Å². The lowest BCUT2D eigenvalue weighted by Crippen LogP contribution is -2.33. The van der Waals surface area contributed by atoms with Crippen molar-refractivity contribution in [3.8, 4) is 23.3 Å². The Labute approximate surface area is 211 Å². The lowest BCUT2D eigenvalue weighted by atomic mass is 9.83. The lowest BCUT2D eigenvalue weighted by molar-refractivity contribution is 0.354. The molecule has 0 spiro atoms. The predicted molar refractivity (Wildman–Crippen MR) is 139 cm³/mol. The van der Waals surface area contributed by atoms with Gasteiger partial charge in [0.2, 0.25) is 5.88 Å². The predicted octanol–water partition coefficient (Wildman–Crippen LogP) is 4.76. The molecule has 0 fully saturated rings. The van der Waals surface area contributed by atoms with Gasteiger partial charge < -0.3 is 24.5 Å². The molecule has 2 aromatic carbocycles. The first-order valence-corrected chi connectivity index (χ1v) is 11.9. The number of methoxy groups -OCH3 is 2. The van der Waals surface area contributed by atoms with Gasteiger partial charge in [-0.1, -0.05) is 44.2 Å². The molecule has 1 aromatic heterocycles. The highest BCUT2D eigenvalue weighted by molar-refractivity contribution is 5.55. The van der Waals surface area contributed by atoms with Crippen molar-refractivity contribution in [1.29, 1.82) is 5.26 Å². The number of ether oxygens (including phenoxy) is 3. The van der Waals surface area contributed by atoms with Gasteiger partial charge in [0.25, 0.3) is 5.56 Å². The van der Waals surface area contributed by atoms with Crippen molar-refractivity contribution < 1.29 is 14.2 Å². The average molecular weight is 486 g/mol. The third-order valence-corrected chi connectivity index (χ3v) is 6.70. The number of fused-ring (bicyclic) bond motifs is 1. The van der Waals surface area contributed by atoms with Gasteiger partial charge in [-0.25, -0.2) is 0 Å². The molecule has 2 N–H and O–H groups in total. The van der Waals surface area contributed by atoms with E-state index in [4.69, 9.17) is 19.9 Å². The molecule has 4 rings (SSSR count). The maximum Gasteiger partial charge on any atom is 0.258 e. The quantitative estimate of drug-likeness (QED) is 0.518. The molecule has 0 saturated heterocycles. The molecular formula is C29H31N3O4. The summed E-state index contributed by atoms with van der Waals surface area (Å²) >= 11 is 0. The van der Waals surface area contributed by atoms with Crippen LogP contribution in [0.2, 0.25) is 0 Å². The van der Waals surface area contributed by atoms with E-state index in [2.05, 4.69) is 19.9 Å². The zero-order valence-electron chi connectivity index (χ0n) is 21.3. The normalized spacial score (nSPS) is 14.8. The second kappa shape index (κ2) is 10.2. The van der Waals surface area contributed by atoms with Crippen molar-refractivity contribution in [2.45, 2.75) is 45.6 Å². The van der Waals surface area contributed by atoms with Gasteiger partial charge in [-0.05, 0) is 48.1 Å². The Hall–Kier alpha value is -4.18. The second-order valence-electron chi connectivity index (χ2n) is 9.21. The summed E-state index contributed by atoms with van der Waals surface area (Å²) in [6.07, 6.45) is 0.609. The second-order valence-corrected chi connectivity index (χ2v) is 9.21. The van der Waals surface area contributed by atoms with E-state index in [1.807, 2.05) is 55.5 Å². The van der Waals surface area contributed by atoms with E-state index in [0.717, 1.165) is 16.8 Å². The molecule has 0 aliphatic carbocycles. The monoisotopic (exact) mass is 485 g/mol. The summed E-state index contributed by atoms with van der Waals surface area (Å²) in [5.41, 5.74) is 10.4. The number of allylic oxidation sites excluding steroid dienone is 1. The molecular weight excluding hydrogens is 454 g/mol. The molecule has 7 heteroatoms. The lowest BCUT2D eigenvalue weighted by Gasteiger charge is -2.27. The largest absolute Gasteiger partial charge is 0.493 e. The van der Waals surface area contributed by atoms with E-state index in [1.165, 1.54) is 5.56 Å². The summed E-state index contributed by atoms with van der Waals surface area (Å²) in [7, 11) is 3.19. The van der Waals surface area contributed by atoms with Gasteiger partial charge in [0, 0.05) is 18.3 Å². The molecule has 7 nitrogen and oxygen atoms in total. The van der Waals surface area contributed by atoms with Crippen LogP contribution in [0.4, 0.5) is 0 Å². The summed E-state index contributed by atoms with van der Waals surface area (Å²) < 4.78 is 18.2. The number of hydrogen-bond donors (Lipinski definition) is 1. The van der Waals surface area contributed by atoms with Crippen LogP contribution in [0.3, 0.4) is 0 Å². The molecule has 1 unspecified atom stereocenters. The van der Waals surface area contributed by atoms with Crippen molar-refractivity contribution in [2.24, 2.45) is 5.73 Å². The zero-order chi connectivity index (χ0) is 26.0. The summed E-state index contributed by atoms with van der Waals surface area (Å²) in [5.74, 6) is 1.50. The van der Waals surface area contributed by atoms with Crippen LogP contribution in [0.1, 0.15) is 53.6 Å². The summed E-state index contributed by atoms with van der Waals surface area (Å²) in [5, 5.41) is 9.92. The van der Waals surface area contributed by atoms with Gasteiger partial charge in [-0.15, -0.1) is 0 Å². The Kier molecular flexibility index (Phi) is 7.07. The first kappa shape index (κ1) is 24.9. The van der Waals surface area contributed by atoms with Crippen LogP contribution in [-0.4, -0.2) is 18.8 Å². The minimum Gasteiger partial charge on any atom is -0.493 e. The number of rotatable bonds is 7. The highest BCUT2D eigenvalue weighted by Gasteiger charge is 2.34. The number of hydrogen-bond acceptors (Lipinski definition) is 6. The first-order valence-electron chi connectivity index (χ1n) is 11.9. The van der Waals surface area contributed by atoms with Crippen LogP contribution in [-0.2, 0) is 13.0 Å². The molecule has 186 valence electrons. The van der Waals surface area contributed by atoms with Crippen molar-refractivity contribution in [1.82, 2.24) is 4.57 Å². The number of nitriles is 1. The number of pyridine rings is 1. The molecule has 0 bridgehead atoms.